The van der Waals surface area contributed by atoms with Gasteiger partial charge in [-0.05, 0) is 64.9 Å². The van der Waals surface area contributed by atoms with Crippen LogP contribution in [0.1, 0.15) is 67.9 Å². The monoisotopic (exact) mass is 457 g/mol. The van der Waals surface area contributed by atoms with Crippen molar-refractivity contribution in [3.8, 4) is 5.69 Å². The summed E-state index contributed by atoms with van der Waals surface area (Å²) in [5.41, 5.74) is 2.79. The van der Waals surface area contributed by atoms with Gasteiger partial charge in [-0.3, -0.25) is 4.72 Å². The van der Waals surface area contributed by atoms with Crippen LogP contribution < -0.4 is 4.72 Å². The zero-order valence-electron chi connectivity index (χ0n) is 17.8. The molecule has 4 rings (SSSR count). The summed E-state index contributed by atoms with van der Waals surface area (Å²) in [7, 11) is -3.99. The number of hydrogen-bond acceptors (Lipinski definition) is 7. The number of sulfonamides is 1. The molecule has 1 aliphatic rings. The molecule has 1 heterocycles. The highest BCUT2D eigenvalue weighted by atomic mass is 32.2. The van der Waals surface area contributed by atoms with Crippen molar-refractivity contribution in [3.63, 3.8) is 0 Å². The lowest BCUT2D eigenvalue weighted by molar-refractivity contribution is -0.0426. The number of aryl methyl sites for hydroxylation is 1. The standard InChI is InChI=1S/C22H27N5O4S/c1-2-15-8-9-17(22(28)29)12-21(15)32(30,31)24-20-13-18(27-14-23-25-26-27)10-11-19(20)16-6-4-3-5-7-16/h8-14,16,22,24,28-29H,2-7H2,1H3. The van der Waals surface area contributed by atoms with Gasteiger partial charge in [0.1, 0.15) is 6.33 Å². The number of anilines is 1. The van der Waals surface area contributed by atoms with Crippen molar-refractivity contribution in [1.82, 2.24) is 20.2 Å². The third-order valence-corrected chi connectivity index (χ3v) is 7.45. The Balaban J connectivity index is 1.78. The molecule has 9 nitrogen and oxygen atoms in total. The van der Waals surface area contributed by atoms with Gasteiger partial charge in [-0.2, -0.15) is 0 Å². The molecule has 1 aromatic heterocycles. The predicted octanol–water partition coefficient (Wildman–Crippen LogP) is 3.06. The summed E-state index contributed by atoms with van der Waals surface area (Å²) in [6.45, 7) is 1.86. The summed E-state index contributed by atoms with van der Waals surface area (Å²) < 4.78 is 31.2. The minimum atomic E-state index is -3.99. The van der Waals surface area contributed by atoms with E-state index in [0.29, 0.717) is 23.4 Å². The van der Waals surface area contributed by atoms with Crippen LogP contribution >= 0.6 is 0 Å². The molecule has 0 unspecified atom stereocenters. The summed E-state index contributed by atoms with van der Waals surface area (Å²) in [5.74, 6) is 0.264. The minimum absolute atomic E-state index is 0.0352. The van der Waals surface area contributed by atoms with Crippen LogP contribution in [0.2, 0.25) is 0 Å². The van der Waals surface area contributed by atoms with Gasteiger partial charge >= 0.3 is 0 Å². The number of nitrogens with zero attached hydrogens (tertiary/aromatic N) is 4. The average Bonchev–Trinajstić information content (AvgIpc) is 3.34. The van der Waals surface area contributed by atoms with Gasteiger partial charge in [0.2, 0.25) is 0 Å². The molecule has 32 heavy (non-hydrogen) atoms. The van der Waals surface area contributed by atoms with Gasteiger partial charge in [-0.25, -0.2) is 13.1 Å². The zero-order valence-corrected chi connectivity index (χ0v) is 18.7. The number of tetrazole rings is 1. The van der Waals surface area contributed by atoms with Crippen molar-refractivity contribution in [3.05, 3.63) is 59.4 Å². The van der Waals surface area contributed by atoms with Crippen LogP contribution in [0.5, 0.6) is 0 Å². The molecule has 0 amide bonds. The van der Waals surface area contributed by atoms with Gasteiger partial charge in [0.15, 0.2) is 6.29 Å². The summed E-state index contributed by atoms with van der Waals surface area (Å²) in [5, 5.41) is 30.3. The van der Waals surface area contributed by atoms with Crippen LogP contribution in [-0.4, -0.2) is 38.8 Å². The summed E-state index contributed by atoms with van der Waals surface area (Å²) in [6.07, 6.45) is 5.61. The van der Waals surface area contributed by atoms with E-state index in [1.807, 2.05) is 19.1 Å². The Hall–Kier alpha value is -2.82. The molecule has 2 aromatic carbocycles. The first-order valence-electron chi connectivity index (χ1n) is 10.8. The molecule has 1 fully saturated rings. The van der Waals surface area contributed by atoms with Gasteiger partial charge < -0.3 is 10.2 Å². The second-order valence-electron chi connectivity index (χ2n) is 8.06. The second kappa shape index (κ2) is 9.35. The first kappa shape index (κ1) is 22.4. The molecule has 0 spiro atoms. The van der Waals surface area contributed by atoms with Crippen molar-refractivity contribution in [2.75, 3.05) is 4.72 Å². The van der Waals surface area contributed by atoms with Crippen molar-refractivity contribution in [1.29, 1.82) is 0 Å². The largest absolute Gasteiger partial charge is 0.364 e. The smallest absolute Gasteiger partial charge is 0.262 e. The quantitative estimate of drug-likeness (QED) is 0.465. The Kier molecular flexibility index (Phi) is 6.54. The second-order valence-corrected chi connectivity index (χ2v) is 9.71. The normalized spacial score (nSPS) is 15.2. The van der Waals surface area contributed by atoms with E-state index in [1.165, 1.54) is 29.6 Å². The van der Waals surface area contributed by atoms with E-state index in [1.54, 1.807) is 12.1 Å². The van der Waals surface area contributed by atoms with Crippen molar-refractivity contribution in [2.45, 2.75) is 62.6 Å². The molecule has 1 aliphatic carbocycles. The number of aromatic nitrogens is 4. The Morgan fingerprint density at radius 3 is 2.56 bits per heavy atom. The van der Waals surface area contributed by atoms with Gasteiger partial charge in [-0.1, -0.05) is 44.4 Å². The molecule has 0 atom stereocenters. The van der Waals surface area contributed by atoms with Crippen molar-refractivity contribution in [2.24, 2.45) is 0 Å². The summed E-state index contributed by atoms with van der Waals surface area (Å²) in [6, 6.07) is 10.0. The first-order valence-corrected chi connectivity index (χ1v) is 12.3. The fourth-order valence-electron chi connectivity index (χ4n) is 4.30. The molecular formula is C22H27N5O4S. The lowest BCUT2D eigenvalue weighted by atomic mass is 9.83. The van der Waals surface area contributed by atoms with E-state index in [9.17, 15) is 18.6 Å². The lowest BCUT2D eigenvalue weighted by Gasteiger charge is -2.25. The van der Waals surface area contributed by atoms with E-state index < -0.39 is 16.3 Å². The van der Waals surface area contributed by atoms with E-state index in [2.05, 4.69) is 20.2 Å². The molecular weight excluding hydrogens is 430 g/mol. The van der Waals surface area contributed by atoms with Gasteiger partial charge in [0.05, 0.1) is 16.3 Å². The van der Waals surface area contributed by atoms with Crippen LogP contribution in [0.15, 0.2) is 47.6 Å². The zero-order chi connectivity index (χ0) is 22.7. The topological polar surface area (TPSA) is 130 Å². The van der Waals surface area contributed by atoms with Crippen LogP contribution in [0.25, 0.3) is 5.69 Å². The maximum absolute atomic E-state index is 13.5. The predicted molar refractivity (Wildman–Crippen MR) is 119 cm³/mol. The van der Waals surface area contributed by atoms with E-state index in [-0.39, 0.29) is 16.4 Å². The lowest BCUT2D eigenvalue weighted by Crippen LogP contribution is -2.18. The van der Waals surface area contributed by atoms with Crippen LogP contribution in [-0.2, 0) is 16.4 Å². The Morgan fingerprint density at radius 1 is 1.12 bits per heavy atom. The number of rotatable bonds is 7. The number of aliphatic hydroxyl groups is 2. The number of hydrogen-bond donors (Lipinski definition) is 3. The molecule has 3 N–H and O–H groups in total. The maximum atomic E-state index is 13.5. The van der Waals surface area contributed by atoms with Gasteiger partial charge in [0, 0.05) is 5.56 Å². The maximum Gasteiger partial charge on any atom is 0.262 e. The van der Waals surface area contributed by atoms with E-state index in [0.717, 1.165) is 31.2 Å². The van der Waals surface area contributed by atoms with Crippen molar-refractivity contribution >= 4 is 15.7 Å². The Morgan fingerprint density at radius 2 is 1.91 bits per heavy atom. The average molecular weight is 458 g/mol. The molecule has 170 valence electrons. The molecule has 0 radical (unpaired) electrons. The highest BCUT2D eigenvalue weighted by Gasteiger charge is 2.25. The molecule has 0 aliphatic heterocycles. The fraction of sp³-hybridized carbons (Fsp3) is 0.409. The molecule has 0 saturated heterocycles. The van der Waals surface area contributed by atoms with Crippen molar-refractivity contribution < 1.29 is 18.6 Å². The summed E-state index contributed by atoms with van der Waals surface area (Å²) in [4.78, 5) is 0.0352. The van der Waals surface area contributed by atoms with E-state index in [4.69, 9.17) is 0 Å². The third kappa shape index (κ3) is 4.67. The van der Waals surface area contributed by atoms with Crippen LogP contribution in [0.3, 0.4) is 0 Å². The van der Waals surface area contributed by atoms with Gasteiger partial charge in [0.25, 0.3) is 10.0 Å². The number of nitrogens with one attached hydrogen (secondary N) is 1. The first-order chi connectivity index (χ1) is 15.4. The highest BCUT2D eigenvalue weighted by molar-refractivity contribution is 7.92. The number of benzene rings is 2. The Labute approximate surface area is 187 Å². The molecule has 1 saturated carbocycles. The van der Waals surface area contributed by atoms with E-state index >= 15 is 0 Å². The fourth-order valence-corrected chi connectivity index (χ4v) is 5.72. The Bertz CT molecular complexity index is 1170. The molecule has 10 heteroatoms. The van der Waals surface area contributed by atoms with Gasteiger partial charge in [-0.15, -0.1) is 5.10 Å². The molecule has 3 aromatic rings. The highest BCUT2D eigenvalue weighted by Crippen LogP contribution is 2.38. The minimum Gasteiger partial charge on any atom is -0.364 e. The SMILES string of the molecule is CCc1ccc(C(O)O)cc1S(=O)(=O)Nc1cc(-n2cnnn2)ccc1C1CCCCC1. The number of aliphatic hydroxyl groups excluding tert-OH is 1. The third-order valence-electron chi connectivity index (χ3n) is 6.00. The molecule has 0 bridgehead atoms. The summed E-state index contributed by atoms with van der Waals surface area (Å²) >= 11 is 0. The van der Waals surface area contributed by atoms with Crippen LogP contribution in [0, 0.1) is 0 Å². The van der Waals surface area contributed by atoms with Crippen LogP contribution in [0.4, 0.5) is 5.69 Å².